The topological polar surface area (TPSA) is 85.7 Å². The van der Waals surface area contributed by atoms with Crippen LogP contribution in [0.2, 0.25) is 0 Å². The van der Waals surface area contributed by atoms with E-state index in [0.29, 0.717) is 11.6 Å². The van der Waals surface area contributed by atoms with Crippen LogP contribution in [0.1, 0.15) is 91.1 Å². The van der Waals surface area contributed by atoms with Gasteiger partial charge in [-0.3, -0.25) is 9.78 Å². The third kappa shape index (κ3) is 5.11. The number of carbonyl (C=O) groups is 1. The standard InChI is InChI=1S/C25H31N5O/c1-2-12-30-13-10-18(11-14-30)22-9-8-20(24(29-22)19-6-4-3-5-7-19)15-23(31)25-27-17-21(16-26)28-25/h6,8-9,17-18H,2-5,7,10-15H2,1H3,(H,27,28). The Balaban J connectivity index is 1.57. The van der Waals surface area contributed by atoms with Gasteiger partial charge < -0.3 is 9.88 Å². The highest BCUT2D eigenvalue weighted by molar-refractivity contribution is 5.95. The monoisotopic (exact) mass is 417 g/mol. The number of aromatic nitrogens is 3. The molecule has 1 aliphatic heterocycles. The van der Waals surface area contributed by atoms with Crippen LogP contribution in [0.4, 0.5) is 0 Å². The number of hydrogen-bond acceptors (Lipinski definition) is 5. The van der Waals surface area contributed by atoms with Crippen molar-refractivity contribution in [3.05, 3.63) is 52.9 Å². The number of pyridine rings is 1. The second kappa shape index (κ2) is 10.0. The highest BCUT2D eigenvalue weighted by Gasteiger charge is 2.24. The minimum Gasteiger partial charge on any atom is -0.327 e. The molecule has 1 fully saturated rings. The maximum atomic E-state index is 12.8. The predicted octanol–water partition coefficient (Wildman–Crippen LogP) is 4.65. The lowest BCUT2D eigenvalue weighted by molar-refractivity contribution is 0.0983. The summed E-state index contributed by atoms with van der Waals surface area (Å²) in [5.74, 6) is 0.623. The van der Waals surface area contributed by atoms with Gasteiger partial charge in [-0.25, -0.2) is 4.98 Å². The number of nitrogens with zero attached hydrogens (tertiary/aromatic N) is 4. The Morgan fingerprint density at radius 2 is 2.13 bits per heavy atom. The lowest BCUT2D eigenvalue weighted by Gasteiger charge is -2.31. The van der Waals surface area contributed by atoms with Crippen molar-refractivity contribution in [3.8, 4) is 6.07 Å². The predicted molar refractivity (Wildman–Crippen MR) is 121 cm³/mol. The maximum Gasteiger partial charge on any atom is 0.202 e. The zero-order valence-corrected chi connectivity index (χ0v) is 18.4. The third-order valence-corrected chi connectivity index (χ3v) is 6.45. The number of likely N-dealkylation sites (tertiary alicyclic amines) is 1. The minimum absolute atomic E-state index is 0.110. The molecule has 0 saturated carbocycles. The number of ketones is 1. The Morgan fingerprint density at radius 3 is 2.81 bits per heavy atom. The van der Waals surface area contributed by atoms with Gasteiger partial charge in [0, 0.05) is 18.0 Å². The molecule has 2 aromatic rings. The molecule has 1 N–H and O–H groups in total. The van der Waals surface area contributed by atoms with E-state index in [2.05, 4.69) is 40.0 Å². The van der Waals surface area contributed by atoms with E-state index < -0.39 is 0 Å². The summed E-state index contributed by atoms with van der Waals surface area (Å²) < 4.78 is 0. The minimum atomic E-state index is -0.110. The number of imidazole rings is 1. The number of carbonyl (C=O) groups excluding carboxylic acids is 1. The van der Waals surface area contributed by atoms with Crippen molar-refractivity contribution < 1.29 is 4.79 Å². The molecule has 1 aliphatic carbocycles. The van der Waals surface area contributed by atoms with Crippen LogP contribution in [0.25, 0.3) is 5.57 Å². The molecule has 3 heterocycles. The first-order chi connectivity index (χ1) is 15.2. The number of H-pyrrole nitrogens is 1. The van der Waals surface area contributed by atoms with Crippen LogP contribution in [0, 0.1) is 11.3 Å². The molecular formula is C25H31N5O. The van der Waals surface area contributed by atoms with Gasteiger partial charge in [0.05, 0.1) is 11.9 Å². The molecule has 0 unspecified atom stereocenters. The van der Waals surface area contributed by atoms with Crippen molar-refractivity contribution in [2.75, 3.05) is 19.6 Å². The summed E-state index contributed by atoms with van der Waals surface area (Å²) in [7, 11) is 0. The van der Waals surface area contributed by atoms with Crippen molar-refractivity contribution in [1.29, 1.82) is 5.26 Å². The van der Waals surface area contributed by atoms with E-state index in [1.54, 1.807) is 0 Å². The van der Waals surface area contributed by atoms with E-state index in [1.165, 1.54) is 43.3 Å². The molecule has 0 bridgehead atoms. The van der Waals surface area contributed by atoms with Crippen molar-refractivity contribution in [2.45, 2.75) is 64.2 Å². The Morgan fingerprint density at radius 1 is 1.29 bits per heavy atom. The molecule has 6 nitrogen and oxygen atoms in total. The molecule has 0 spiro atoms. The van der Waals surface area contributed by atoms with Gasteiger partial charge in [-0.05, 0) is 81.8 Å². The fourth-order valence-electron chi connectivity index (χ4n) is 4.75. The van der Waals surface area contributed by atoms with Crippen LogP contribution in [-0.2, 0) is 6.42 Å². The number of Topliss-reactive ketones (excluding diaryl/α,β-unsaturated/α-hetero) is 1. The molecule has 0 amide bonds. The largest absolute Gasteiger partial charge is 0.327 e. The van der Waals surface area contributed by atoms with E-state index in [4.69, 9.17) is 10.2 Å². The van der Waals surface area contributed by atoms with Crippen LogP contribution < -0.4 is 0 Å². The number of hydrogen-bond donors (Lipinski definition) is 1. The second-order valence-corrected chi connectivity index (χ2v) is 8.69. The first-order valence-electron chi connectivity index (χ1n) is 11.6. The Labute approximate surface area is 184 Å². The maximum absolute atomic E-state index is 12.8. The molecule has 162 valence electrons. The smallest absolute Gasteiger partial charge is 0.202 e. The van der Waals surface area contributed by atoms with Gasteiger partial charge in [-0.2, -0.15) is 5.26 Å². The average Bonchev–Trinajstić information content (AvgIpc) is 3.30. The number of allylic oxidation sites excluding steroid dienone is 2. The summed E-state index contributed by atoms with van der Waals surface area (Å²) in [5.41, 5.74) is 4.70. The molecule has 2 aliphatic rings. The molecule has 31 heavy (non-hydrogen) atoms. The van der Waals surface area contributed by atoms with E-state index in [9.17, 15) is 4.79 Å². The number of aromatic amines is 1. The van der Waals surface area contributed by atoms with Crippen LogP contribution in [0.15, 0.2) is 24.4 Å². The molecule has 2 aromatic heterocycles. The summed E-state index contributed by atoms with van der Waals surface area (Å²) in [6, 6.07) is 6.21. The number of nitriles is 1. The van der Waals surface area contributed by atoms with E-state index in [1.807, 2.05) is 6.07 Å². The van der Waals surface area contributed by atoms with Crippen molar-refractivity contribution in [2.24, 2.45) is 0 Å². The van der Waals surface area contributed by atoms with E-state index in [0.717, 1.165) is 50.0 Å². The van der Waals surface area contributed by atoms with Crippen molar-refractivity contribution in [1.82, 2.24) is 19.9 Å². The zero-order valence-electron chi connectivity index (χ0n) is 18.4. The van der Waals surface area contributed by atoms with Crippen LogP contribution in [0.5, 0.6) is 0 Å². The molecule has 1 saturated heterocycles. The first-order valence-corrected chi connectivity index (χ1v) is 11.6. The van der Waals surface area contributed by atoms with E-state index >= 15 is 0 Å². The van der Waals surface area contributed by atoms with Gasteiger partial charge >= 0.3 is 0 Å². The summed E-state index contributed by atoms with van der Waals surface area (Å²) in [6.45, 7) is 5.69. The summed E-state index contributed by atoms with van der Waals surface area (Å²) in [5, 5.41) is 8.98. The molecule has 4 rings (SSSR count). The molecule has 6 heteroatoms. The Kier molecular flexibility index (Phi) is 6.93. The van der Waals surface area contributed by atoms with Gasteiger partial charge in [-0.15, -0.1) is 0 Å². The highest BCUT2D eigenvalue weighted by Crippen LogP contribution is 2.32. The molecule has 0 radical (unpaired) electrons. The summed E-state index contributed by atoms with van der Waals surface area (Å²) in [6.07, 6.45) is 11.9. The fourth-order valence-corrected chi connectivity index (χ4v) is 4.75. The molecule has 0 aromatic carbocycles. The number of piperidine rings is 1. The summed E-state index contributed by atoms with van der Waals surface area (Å²) in [4.78, 5) is 27.4. The SMILES string of the molecule is CCCN1CCC(c2ccc(CC(=O)c3ncc(C#N)[nH]3)c(C3=CCCCC3)n2)CC1. The normalized spacial score (nSPS) is 17.9. The van der Waals surface area contributed by atoms with Crippen LogP contribution >= 0.6 is 0 Å². The average molecular weight is 418 g/mol. The van der Waals surface area contributed by atoms with E-state index in [-0.39, 0.29) is 18.0 Å². The van der Waals surface area contributed by atoms with Crippen molar-refractivity contribution in [3.63, 3.8) is 0 Å². The fraction of sp³-hybridized carbons (Fsp3) is 0.520. The first kappa shape index (κ1) is 21.5. The Hall–Kier alpha value is -2.78. The van der Waals surface area contributed by atoms with Gasteiger partial charge in [0.2, 0.25) is 5.78 Å². The quantitative estimate of drug-likeness (QED) is 0.663. The zero-order chi connectivity index (χ0) is 21.6. The van der Waals surface area contributed by atoms with Gasteiger partial charge in [0.25, 0.3) is 0 Å². The lowest BCUT2D eigenvalue weighted by Crippen LogP contribution is -2.33. The highest BCUT2D eigenvalue weighted by atomic mass is 16.1. The van der Waals surface area contributed by atoms with Gasteiger partial charge in [0.15, 0.2) is 5.82 Å². The van der Waals surface area contributed by atoms with Gasteiger partial charge in [0.1, 0.15) is 11.8 Å². The third-order valence-electron chi connectivity index (χ3n) is 6.45. The number of rotatable bonds is 7. The van der Waals surface area contributed by atoms with Crippen LogP contribution in [-0.4, -0.2) is 45.3 Å². The second-order valence-electron chi connectivity index (χ2n) is 8.69. The summed E-state index contributed by atoms with van der Waals surface area (Å²) >= 11 is 0. The Bertz CT molecular complexity index is 992. The van der Waals surface area contributed by atoms with Crippen molar-refractivity contribution >= 4 is 11.4 Å². The van der Waals surface area contributed by atoms with Gasteiger partial charge in [-0.1, -0.05) is 19.1 Å². The molecular weight excluding hydrogens is 386 g/mol. The lowest BCUT2D eigenvalue weighted by atomic mass is 9.89. The molecule has 0 atom stereocenters. The number of nitrogens with one attached hydrogen (secondary N) is 1. The van der Waals surface area contributed by atoms with Crippen LogP contribution in [0.3, 0.4) is 0 Å².